The quantitative estimate of drug-likeness (QED) is 0.864. The van der Waals surface area contributed by atoms with Crippen LogP contribution in [0.1, 0.15) is 36.5 Å². The second-order valence-electron chi connectivity index (χ2n) is 4.58. The zero-order valence-electron chi connectivity index (χ0n) is 10.2. The lowest BCUT2D eigenvalue weighted by Gasteiger charge is -2.31. The Labute approximate surface area is 102 Å². The maximum absolute atomic E-state index is 12.3. The highest BCUT2D eigenvalue weighted by molar-refractivity contribution is 5.98. The Balaban J connectivity index is 2.08. The van der Waals surface area contributed by atoms with Crippen LogP contribution in [0.3, 0.4) is 0 Å². The number of nitrogens with zero attached hydrogens (tertiary/aromatic N) is 2. The van der Waals surface area contributed by atoms with Crippen molar-refractivity contribution >= 4 is 11.7 Å². The molecule has 0 aromatic carbocycles. The topological polar surface area (TPSA) is 59.2 Å². The standard InChI is InChI=1S/C13H19N3O/c1-2-16(9-10-5-3-6-10)13(17)11-7-4-8-15-12(11)14/h4,7-8,10H,2-3,5-6,9H2,1H3,(H2,14,15). The lowest BCUT2D eigenvalue weighted by Crippen LogP contribution is -2.37. The second-order valence-corrected chi connectivity index (χ2v) is 4.58. The minimum Gasteiger partial charge on any atom is -0.383 e. The SMILES string of the molecule is CCN(CC1CCC1)C(=O)c1cccnc1N. The molecule has 4 heteroatoms. The van der Waals surface area contributed by atoms with E-state index in [0.29, 0.717) is 17.3 Å². The van der Waals surface area contributed by atoms with E-state index in [-0.39, 0.29) is 5.91 Å². The van der Waals surface area contributed by atoms with Gasteiger partial charge in [0.25, 0.3) is 5.91 Å². The minimum absolute atomic E-state index is 0.00463. The van der Waals surface area contributed by atoms with E-state index >= 15 is 0 Å². The summed E-state index contributed by atoms with van der Waals surface area (Å²) in [5.41, 5.74) is 6.25. The van der Waals surface area contributed by atoms with E-state index in [2.05, 4.69) is 4.98 Å². The average Bonchev–Trinajstić information content (AvgIpc) is 2.28. The van der Waals surface area contributed by atoms with Gasteiger partial charge in [0.2, 0.25) is 0 Å². The average molecular weight is 233 g/mol. The molecule has 1 aliphatic rings. The summed E-state index contributed by atoms with van der Waals surface area (Å²) >= 11 is 0. The van der Waals surface area contributed by atoms with Crippen molar-refractivity contribution in [3.05, 3.63) is 23.9 Å². The van der Waals surface area contributed by atoms with Crippen LogP contribution in [0.4, 0.5) is 5.82 Å². The van der Waals surface area contributed by atoms with E-state index in [1.165, 1.54) is 19.3 Å². The molecule has 92 valence electrons. The number of anilines is 1. The first-order valence-electron chi connectivity index (χ1n) is 6.22. The largest absolute Gasteiger partial charge is 0.383 e. The third-order valence-corrected chi connectivity index (χ3v) is 3.44. The van der Waals surface area contributed by atoms with Crippen molar-refractivity contribution in [2.45, 2.75) is 26.2 Å². The molecule has 2 rings (SSSR count). The van der Waals surface area contributed by atoms with Gasteiger partial charge in [-0.2, -0.15) is 0 Å². The molecule has 1 aromatic heterocycles. The van der Waals surface area contributed by atoms with Gasteiger partial charge < -0.3 is 10.6 Å². The van der Waals surface area contributed by atoms with Crippen LogP contribution in [0.25, 0.3) is 0 Å². The number of nitrogens with two attached hydrogens (primary N) is 1. The van der Waals surface area contributed by atoms with E-state index < -0.39 is 0 Å². The number of hydrogen-bond donors (Lipinski definition) is 1. The molecule has 1 fully saturated rings. The summed E-state index contributed by atoms with van der Waals surface area (Å²) in [5, 5.41) is 0. The molecule has 0 saturated heterocycles. The predicted molar refractivity (Wildman–Crippen MR) is 67.6 cm³/mol. The molecule has 1 aromatic rings. The Morgan fingerprint density at radius 3 is 2.88 bits per heavy atom. The van der Waals surface area contributed by atoms with Crippen LogP contribution in [0.15, 0.2) is 18.3 Å². The summed E-state index contributed by atoms with van der Waals surface area (Å²) in [6.45, 7) is 3.58. The molecule has 4 nitrogen and oxygen atoms in total. The Morgan fingerprint density at radius 2 is 2.35 bits per heavy atom. The molecule has 1 aliphatic carbocycles. The highest BCUT2D eigenvalue weighted by Crippen LogP contribution is 2.27. The molecule has 2 N–H and O–H groups in total. The molecule has 1 saturated carbocycles. The van der Waals surface area contributed by atoms with E-state index in [1.54, 1.807) is 18.3 Å². The maximum Gasteiger partial charge on any atom is 0.257 e. The first-order chi connectivity index (χ1) is 8.22. The number of nitrogen functional groups attached to an aromatic ring is 1. The van der Waals surface area contributed by atoms with Gasteiger partial charge in [0.15, 0.2) is 0 Å². The first-order valence-corrected chi connectivity index (χ1v) is 6.22. The number of carbonyl (C=O) groups excluding carboxylic acids is 1. The van der Waals surface area contributed by atoms with Gasteiger partial charge in [-0.3, -0.25) is 4.79 Å². The summed E-state index contributed by atoms with van der Waals surface area (Å²) in [7, 11) is 0. The van der Waals surface area contributed by atoms with Crippen LogP contribution in [0.2, 0.25) is 0 Å². The van der Waals surface area contributed by atoms with Crippen LogP contribution < -0.4 is 5.73 Å². The van der Waals surface area contributed by atoms with Gasteiger partial charge in [-0.15, -0.1) is 0 Å². The highest BCUT2D eigenvalue weighted by Gasteiger charge is 2.24. The lowest BCUT2D eigenvalue weighted by molar-refractivity contribution is 0.0707. The third-order valence-electron chi connectivity index (χ3n) is 3.44. The van der Waals surface area contributed by atoms with E-state index in [0.717, 1.165) is 13.1 Å². The van der Waals surface area contributed by atoms with Gasteiger partial charge in [0, 0.05) is 19.3 Å². The molecular weight excluding hydrogens is 214 g/mol. The predicted octanol–water partition coefficient (Wildman–Crippen LogP) is 1.93. The smallest absolute Gasteiger partial charge is 0.257 e. The first kappa shape index (κ1) is 11.9. The monoisotopic (exact) mass is 233 g/mol. The van der Waals surface area contributed by atoms with Gasteiger partial charge in [-0.05, 0) is 37.8 Å². The van der Waals surface area contributed by atoms with Gasteiger partial charge in [0.05, 0.1) is 5.56 Å². The molecule has 0 radical (unpaired) electrons. The van der Waals surface area contributed by atoms with E-state index in [9.17, 15) is 4.79 Å². The molecule has 0 bridgehead atoms. The molecule has 17 heavy (non-hydrogen) atoms. The Morgan fingerprint density at radius 1 is 1.59 bits per heavy atom. The summed E-state index contributed by atoms with van der Waals surface area (Å²) in [4.78, 5) is 18.1. The van der Waals surface area contributed by atoms with Gasteiger partial charge in [0.1, 0.15) is 5.82 Å². The molecule has 0 aliphatic heterocycles. The zero-order chi connectivity index (χ0) is 12.3. The molecule has 1 amide bonds. The Bertz CT molecular complexity index is 401. The summed E-state index contributed by atoms with van der Waals surface area (Å²) in [5.74, 6) is 1.01. The van der Waals surface area contributed by atoms with Crippen LogP contribution >= 0.6 is 0 Å². The molecule has 0 unspecified atom stereocenters. The van der Waals surface area contributed by atoms with Crippen molar-refractivity contribution in [3.8, 4) is 0 Å². The minimum atomic E-state index is 0.00463. The number of aromatic nitrogens is 1. The van der Waals surface area contributed by atoms with Crippen molar-refractivity contribution in [3.63, 3.8) is 0 Å². The Hall–Kier alpha value is -1.58. The van der Waals surface area contributed by atoms with Crippen LogP contribution in [0.5, 0.6) is 0 Å². The summed E-state index contributed by atoms with van der Waals surface area (Å²) in [6, 6.07) is 3.49. The van der Waals surface area contributed by atoms with Gasteiger partial charge >= 0.3 is 0 Å². The number of carbonyl (C=O) groups is 1. The second kappa shape index (κ2) is 5.17. The molecule has 1 heterocycles. The highest BCUT2D eigenvalue weighted by atomic mass is 16.2. The van der Waals surface area contributed by atoms with Crippen molar-refractivity contribution < 1.29 is 4.79 Å². The lowest BCUT2D eigenvalue weighted by atomic mass is 9.85. The molecule has 0 atom stereocenters. The number of pyridine rings is 1. The maximum atomic E-state index is 12.3. The fourth-order valence-electron chi connectivity index (χ4n) is 2.11. The molecule has 0 spiro atoms. The van der Waals surface area contributed by atoms with Crippen molar-refractivity contribution in [1.82, 2.24) is 9.88 Å². The Kier molecular flexibility index (Phi) is 3.61. The number of amides is 1. The fraction of sp³-hybridized carbons (Fsp3) is 0.538. The number of hydrogen-bond acceptors (Lipinski definition) is 3. The normalized spacial score (nSPS) is 15.4. The van der Waals surface area contributed by atoms with Crippen molar-refractivity contribution in [2.75, 3.05) is 18.8 Å². The van der Waals surface area contributed by atoms with Gasteiger partial charge in [-0.25, -0.2) is 4.98 Å². The van der Waals surface area contributed by atoms with E-state index in [1.807, 2.05) is 11.8 Å². The van der Waals surface area contributed by atoms with Crippen LogP contribution in [-0.4, -0.2) is 28.9 Å². The van der Waals surface area contributed by atoms with Crippen molar-refractivity contribution in [2.24, 2.45) is 5.92 Å². The summed E-state index contributed by atoms with van der Waals surface area (Å²) in [6.07, 6.45) is 5.39. The zero-order valence-corrected chi connectivity index (χ0v) is 10.2. The van der Waals surface area contributed by atoms with Crippen molar-refractivity contribution in [1.29, 1.82) is 0 Å². The fourth-order valence-corrected chi connectivity index (χ4v) is 2.11. The van der Waals surface area contributed by atoms with Crippen LogP contribution in [0, 0.1) is 5.92 Å². The summed E-state index contributed by atoms with van der Waals surface area (Å²) < 4.78 is 0. The van der Waals surface area contributed by atoms with Crippen LogP contribution in [-0.2, 0) is 0 Å². The third kappa shape index (κ3) is 2.57. The van der Waals surface area contributed by atoms with Gasteiger partial charge in [-0.1, -0.05) is 6.42 Å². The number of rotatable bonds is 4. The van der Waals surface area contributed by atoms with E-state index in [4.69, 9.17) is 5.73 Å². The molecular formula is C13H19N3O.